The minimum atomic E-state index is -0.465. The van der Waals surface area contributed by atoms with Crippen LogP contribution in [0.4, 0.5) is 5.69 Å². The third kappa shape index (κ3) is 5.58. The zero-order valence-corrected chi connectivity index (χ0v) is 25.3. The molecule has 0 radical (unpaired) electrons. The zero-order valence-electron chi connectivity index (χ0n) is 21.3. The molecule has 0 bridgehead atoms. The highest BCUT2D eigenvalue weighted by Gasteiger charge is 2.18. The highest BCUT2D eigenvalue weighted by molar-refractivity contribution is 9.10. The van der Waals surface area contributed by atoms with Crippen molar-refractivity contribution in [3.8, 4) is 17.3 Å². The molecule has 12 heteroatoms. The smallest absolute Gasteiger partial charge is 0.282 e. The Bertz CT molecular complexity index is 2110. The predicted octanol–water partition coefficient (Wildman–Crippen LogP) is 8.36. The standard InChI is InChI=1S/C30H17Br2ClN4O5/c31-20-8-9-26-18(11-20)13-27(42-26)29-35-25-7-2-1-6-23(25)30(38)36(29)34-15-19-12-21(33)14-24(32)28(19)41-16-17-4-3-5-22(10-17)37(39)40/h1-15H,16H2. The summed E-state index contributed by atoms with van der Waals surface area (Å²) in [6.45, 7) is 0.0417. The summed E-state index contributed by atoms with van der Waals surface area (Å²) in [5.41, 5.74) is 1.75. The molecule has 0 saturated heterocycles. The first-order chi connectivity index (χ1) is 20.3. The van der Waals surface area contributed by atoms with Crippen molar-refractivity contribution in [1.82, 2.24) is 9.66 Å². The summed E-state index contributed by atoms with van der Waals surface area (Å²) in [4.78, 5) is 29.1. The average Bonchev–Trinajstić information content (AvgIpc) is 3.39. The number of hydrogen-bond acceptors (Lipinski definition) is 7. The second kappa shape index (κ2) is 11.5. The Morgan fingerprint density at radius 3 is 2.71 bits per heavy atom. The minimum absolute atomic E-state index is 0.0401. The maximum atomic E-state index is 13.7. The number of fused-ring (bicyclic) bond motifs is 2. The number of furan rings is 1. The number of para-hydroxylation sites is 1. The Morgan fingerprint density at radius 2 is 1.88 bits per heavy atom. The number of benzene rings is 4. The van der Waals surface area contributed by atoms with E-state index in [0.717, 1.165) is 9.86 Å². The molecule has 2 heterocycles. The molecule has 6 aromatic rings. The summed E-state index contributed by atoms with van der Waals surface area (Å²) < 4.78 is 14.7. The number of hydrogen-bond donors (Lipinski definition) is 0. The molecule has 0 saturated carbocycles. The fraction of sp³-hybridized carbons (Fsp3) is 0.0333. The van der Waals surface area contributed by atoms with Crippen LogP contribution in [0.5, 0.6) is 5.75 Å². The van der Waals surface area contributed by atoms with E-state index in [2.05, 4.69) is 37.0 Å². The van der Waals surface area contributed by atoms with Crippen molar-refractivity contribution in [2.75, 3.05) is 0 Å². The van der Waals surface area contributed by atoms with E-state index in [4.69, 9.17) is 25.7 Å². The molecule has 0 fully saturated rings. The average molecular weight is 709 g/mol. The number of nitro groups is 1. The third-order valence-corrected chi connectivity index (χ3v) is 7.61. The van der Waals surface area contributed by atoms with Gasteiger partial charge in [0.05, 0.1) is 26.5 Å². The van der Waals surface area contributed by atoms with Gasteiger partial charge in [0.25, 0.3) is 11.2 Å². The van der Waals surface area contributed by atoms with E-state index in [0.29, 0.717) is 48.6 Å². The molecule has 0 amide bonds. The number of rotatable bonds is 7. The third-order valence-electron chi connectivity index (χ3n) is 6.31. The zero-order chi connectivity index (χ0) is 29.4. The van der Waals surface area contributed by atoms with Gasteiger partial charge in [-0.25, -0.2) is 4.98 Å². The van der Waals surface area contributed by atoms with Crippen LogP contribution in [0.2, 0.25) is 5.02 Å². The number of nitro benzene ring substituents is 1. The summed E-state index contributed by atoms with van der Waals surface area (Å²) >= 11 is 13.3. The molecule has 9 nitrogen and oxygen atoms in total. The van der Waals surface area contributed by atoms with Gasteiger partial charge in [-0.2, -0.15) is 9.78 Å². The Hall–Kier alpha value is -4.32. The normalized spacial score (nSPS) is 11.5. The van der Waals surface area contributed by atoms with Gasteiger partial charge in [0.1, 0.15) is 17.9 Å². The van der Waals surface area contributed by atoms with Gasteiger partial charge in [-0.15, -0.1) is 0 Å². The highest BCUT2D eigenvalue weighted by atomic mass is 79.9. The number of ether oxygens (including phenoxy) is 1. The van der Waals surface area contributed by atoms with Crippen LogP contribution in [-0.4, -0.2) is 20.8 Å². The van der Waals surface area contributed by atoms with Crippen LogP contribution >= 0.6 is 43.5 Å². The summed E-state index contributed by atoms with van der Waals surface area (Å²) in [5, 5.41) is 17.3. The Kier molecular flexibility index (Phi) is 7.63. The first kappa shape index (κ1) is 27.8. The van der Waals surface area contributed by atoms with Gasteiger partial charge in [0.15, 0.2) is 5.76 Å². The lowest BCUT2D eigenvalue weighted by Crippen LogP contribution is -2.20. The van der Waals surface area contributed by atoms with Crippen molar-refractivity contribution in [2.24, 2.45) is 5.10 Å². The van der Waals surface area contributed by atoms with Gasteiger partial charge < -0.3 is 9.15 Å². The molecule has 6 rings (SSSR count). The Labute approximate surface area is 259 Å². The van der Waals surface area contributed by atoms with Crippen LogP contribution in [0.15, 0.2) is 108 Å². The van der Waals surface area contributed by atoms with Gasteiger partial charge in [-0.05, 0) is 70.0 Å². The molecular formula is C30H17Br2ClN4O5. The van der Waals surface area contributed by atoms with E-state index in [1.807, 2.05) is 18.2 Å². The summed E-state index contributed by atoms with van der Waals surface area (Å²) in [6, 6.07) is 23.8. The maximum absolute atomic E-state index is 13.7. The van der Waals surface area contributed by atoms with E-state index in [9.17, 15) is 14.9 Å². The first-order valence-corrected chi connectivity index (χ1v) is 14.3. The molecule has 4 aromatic carbocycles. The van der Waals surface area contributed by atoms with Crippen molar-refractivity contribution < 1.29 is 14.1 Å². The van der Waals surface area contributed by atoms with Crippen molar-refractivity contribution in [3.63, 3.8) is 0 Å². The number of halogens is 3. The maximum Gasteiger partial charge on any atom is 0.282 e. The highest BCUT2D eigenvalue weighted by Crippen LogP contribution is 2.33. The fourth-order valence-electron chi connectivity index (χ4n) is 4.38. The van der Waals surface area contributed by atoms with Crippen LogP contribution in [-0.2, 0) is 6.61 Å². The number of non-ortho nitro benzene ring substituents is 1. The van der Waals surface area contributed by atoms with Crippen LogP contribution in [0.1, 0.15) is 11.1 Å². The molecule has 0 spiro atoms. The lowest BCUT2D eigenvalue weighted by atomic mass is 10.2. The molecule has 0 atom stereocenters. The minimum Gasteiger partial charge on any atom is -0.487 e. The Morgan fingerprint density at radius 1 is 1.05 bits per heavy atom. The van der Waals surface area contributed by atoms with E-state index < -0.39 is 10.5 Å². The van der Waals surface area contributed by atoms with Crippen molar-refractivity contribution >= 4 is 77.2 Å². The predicted molar refractivity (Wildman–Crippen MR) is 168 cm³/mol. The van der Waals surface area contributed by atoms with E-state index in [1.54, 1.807) is 54.6 Å². The molecule has 2 aromatic heterocycles. The van der Waals surface area contributed by atoms with Gasteiger partial charge in [-0.1, -0.05) is 51.8 Å². The lowest BCUT2D eigenvalue weighted by molar-refractivity contribution is -0.384. The van der Waals surface area contributed by atoms with Gasteiger partial charge >= 0.3 is 0 Å². The second-order valence-corrected chi connectivity index (χ2v) is 11.3. The molecule has 0 aliphatic rings. The van der Waals surface area contributed by atoms with Crippen LogP contribution in [0, 0.1) is 10.1 Å². The molecule has 0 N–H and O–H groups in total. The second-order valence-electron chi connectivity index (χ2n) is 9.13. The quantitative estimate of drug-likeness (QED) is 0.0936. The van der Waals surface area contributed by atoms with Crippen LogP contribution < -0.4 is 10.3 Å². The summed E-state index contributed by atoms with van der Waals surface area (Å²) in [7, 11) is 0. The van der Waals surface area contributed by atoms with E-state index in [-0.39, 0.29) is 18.1 Å². The molecule has 42 heavy (non-hydrogen) atoms. The summed E-state index contributed by atoms with van der Waals surface area (Å²) in [6.07, 6.45) is 1.44. The number of nitrogens with zero attached hydrogens (tertiary/aromatic N) is 4. The SMILES string of the molecule is O=c1c2ccccc2nc(-c2cc3cc(Br)ccc3o2)n1N=Cc1cc(Cl)cc(Br)c1OCc1cccc([N+](=O)[O-])c1. The van der Waals surface area contributed by atoms with Gasteiger partial charge in [0.2, 0.25) is 5.82 Å². The van der Waals surface area contributed by atoms with Crippen molar-refractivity contribution in [2.45, 2.75) is 6.61 Å². The molecule has 0 unspecified atom stereocenters. The van der Waals surface area contributed by atoms with E-state index >= 15 is 0 Å². The first-order valence-electron chi connectivity index (χ1n) is 12.4. The molecule has 0 aliphatic heterocycles. The van der Waals surface area contributed by atoms with Gasteiger partial charge in [-0.3, -0.25) is 14.9 Å². The largest absolute Gasteiger partial charge is 0.487 e. The van der Waals surface area contributed by atoms with Crippen LogP contribution in [0.3, 0.4) is 0 Å². The summed E-state index contributed by atoms with van der Waals surface area (Å²) in [5.74, 6) is 0.951. The monoisotopic (exact) mass is 706 g/mol. The van der Waals surface area contributed by atoms with Crippen molar-refractivity contribution in [1.29, 1.82) is 0 Å². The topological polar surface area (TPSA) is 113 Å². The molecular weight excluding hydrogens is 692 g/mol. The van der Waals surface area contributed by atoms with E-state index in [1.165, 1.54) is 23.0 Å². The number of aromatic nitrogens is 2. The molecule has 208 valence electrons. The van der Waals surface area contributed by atoms with Crippen LogP contribution in [0.25, 0.3) is 33.5 Å². The van der Waals surface area contributed by atoms with Gasteiger partial charge in [0, 0.05) is 32.6 Å². The molecule has 0 aliphatic carbocycles. The Balaban J connectivity index is 1.44. The van der Waals surface area contributed by atoms with Crippen molar-refractivity contribution in [3.05, 3.63) is 130 Å². The fourth-order valence-corrected chi connectivity index (χ4v) is 5.71. The lowest BCUT2D eigenvalue weighted by Gasteiger charge is -2.12.